The lowest BCUT2D eigenvalue weighted by molar-refractivity contribution is -0.137. The Morgan fingerprint density at radius 1 is 1.12 bits per heavy atom. The van der Waals surface area contributed by atoms with E-state index in [1.54, 1.807) is 0 Å². The number of rotatable bonds is 4. The fourth-order valence-corrected chi connectivity index (χ4v) is 3.26. The van der Waals surface area contributed by atoms with Gasteiger partial charge in [-0.05, 0) is 42.7 Å². The Kier molecular flexibility index (Phi) is 4.54. The highest BCUT2D eigenvalue weighted by molar-refractivity contribution is 9.10. The molecule has 7 heteroatoms. The predicted molar refractivity (Wildman–Crippen MR) is 91.6 cm³/mol. The zero-order chi connectivity index (χ0) is 17.3. The largest absolute Gasteiger partial charge is 0.416 e. The number of hydrogen-bond acceptors (Lipinski definition) is 2. The molecule has 0 bridgehead atoms. The van der Waals surface area contributed by atoms with Crippen molar-refractivity contribution < 1.29 is 13.2 Å². The van der Waals surface area contributed by atoms with Crippen LogP contribution in [0, 0.1) is 0 Å². The number of nitrogen functional groups attached to an aromatic ring is 1. The smallest absolute Gasteiger partial charge is 0.369 e. The average Bonchev–Trinajstić information content (AvgIpc) is 2.84. The molecule has 24 heavy (non-hydrogen) atoms. The summed E-state index contributed by atoms with van der Waals surface area (Å²) in [5.41, 5.74) is 7.94. The van der Waals surface area contributed by atoms with Crippen LogP contribution in [-0.4, -0.2) is 9.55 Å². The van der Waals surface area contributed by atoms with E-state index in [9.17, 15) is 13.2 Å². The number of aryl methyl sites for hydroxylation is 2. The fraction of sp³-hybridized carbons (Fsp3) is 0.235. The standard InChI is InChI=1S/C17H15BrF3N3/c18-13-10-12(17(19,20)21)8-7-11(13)4-3-9-24-15-6-2-1-5-14(15)23-16(24)22/h1-2,5-8,10H,3-4,9H2,(H2,22,23). The van der Waals surface area contributed by atoms with Crippen LogP contribution in [0.2, 0.25) is 0 Å². The molecule has 1 aromatic heterocycles. The lowest BCUT2D eigenvalue weighted by Gasteiger charge is -2.11. The van der Waals surface area contributed by atoms with Gasteiger partial charge in [-0.2, -0.15) is 13.2 Å². The summed E-state index contributed by atoms with van der Waals surface area (Å²) in [6, 6.07) is 11.4. The minimum atomic E-state index is -4.33. The number of para-hydroxylation sites is 2. The highest BCUT2D eigenvalue weighted by atomic mass is 79.9. The molecule has 0 aliphatic carbocycles. The van der Waals surface area contributed by atoms with Gasteiger partial charge in [-0.25, -0.2) is 4.98 Å². The Bertz CT molecular complexity index is 871. The molecule has 0 saturated heterocycles. The van der Waals surface area contributed by atoms with E-state index < -0.39 is 11.7 Å². The summed E-state index contributed by atoms with van der Waals surface area (Å²) < 4.78 is 40.5. The SMILES string of the molecule is Nc1nc2ccccc2n1CCCc1ccc(C(F)(F)F)cc1Br. The van der Waals surface area contributed by atoms with Crippen LogP contribution in [0.3, 0.4) is 0 Å². The third kappa shape index (κ3) is 3.40. The molecule has 0 saturated carbocycles. The molecule has 0 aliphatic heterocycles. The van der Waals surface area contributed by atoms with Crippen molar-refractivity contribution in [2.45, 2.75) is 25.6 Å². The minimum Gasteiger partial charge on any atom is -0.369 e. The van der Waals surface area contributed by atoms with E-state index in [0.29, 0.717) is 23.4 Å². The fourth-order valence-electron chi connectivity index (χ4n) is 2.68. The molecule has 0 radical (unpaired) electrons. The zero-order valence-electron chi connectivity index (χ0n) is 12.6. The summed E-state index contributed by atoms with van der Waals surface area (Å²) in [5.74, 6) is 0.447. The molecule has 2 aromatic carbocycles. The molecule has 0 unspecified atom stereocenters. The van der Waals surface area contributed by atoms with Crippen molar-refractivity contribution in [1.82, 2.24) is 9.55 Å². The number of anilines is 1. The molecular formula is C17H15BrF3N3. The lowest BCUT2D eigenvalue weighted by Crippen LogP contribution is -2.06. The normalized spacial score (nSPS) is 12.0. The van der Waals surface area contributed by atoms with Crippen molar-refractivity contribution in [3.05, 3.63) is 58.1 Å². The number of nitrogens with zero attached hydrogens (tertiary/aromatic N) is 2. The van der Waals surface area contributed by atoms with Gasteiger partial charge in [-0.15, -0.1) is 0 Å². The van der Waals surface area contributed by atoms with Gasteiger partial charge in [0.15, 0.2) is 0 Å². The van der Waals surface area contributed by atoms with Crippen LogP contribution in [0.5, 0.6) is 0 Å². The Morgan fingerprint density at radius 3 is 2.58 bits per heavy atom. The molecule has 0 aliphatic rings. The van der Waals surface area contributed by atoms with Gasteiger partial charge in [-0.3, -0.25) is 0 Å². The maximum Gasteiger partial charge on any atom is 0.416 e. The number of hydrogen-bond donors (Lipinski definition) is 1. The van der Waals surface area contributed by atoms with E-state index in [-0.39, 0.29) is 0 Å². The number of benzene rings is 2. The molecule has 1 heterocycles. The quantitative estimate of drug-likeness (QED) is 0.670. The zero-order valence-corrected chi connectivity index (χ0v) is 14.2. The van der Waals surface area contributed by atoms with Crippen LogP contribution in [0.4, 0.5) is 19.1 Å². The molecule has 0 amide bonds. The monoisotopic (exact) mass is 397 g/mol. The van der Waals surface area contributed by atoms with Crippen LogP contribution in [-0.2, 0) is 19.1 Å². The topological polar surface area (TPSA) is 43.8 Å². The molecule has 0 fully saturated rings. The summed E-state index contributed by atoms with van der Waals surface area (Å²) in [7, 11) is 0. The van der Waals surface area contributed by atoms with Gasteiger partial charge in [0.05, 0.1) is 16.6 Å². The number of aromatic nitrogens is 2. The van der Waals surface area contributed by atoms with E-state index >= 15 is 0 Å². The Labute approximate surface area is 145 Å². The highest BCUT2D eigenvalue weighted by Gasteiger charge is 2.30. The van der Waals surface area contributed by atoms with Crippen LogP contribution < -0.4 is 5.73 Å². The van der Waals surface area contributed by atoms with Crippen molar-refractivity contribution in [2.24, 2.45) is 0 Å². The van der Waals surface area contributed by atoms with E-state index in [0.717, 1.165) is 35.2 Å². The maximum absolute atomic E-state index is 12.7. The van der Waals surface area contributed by atoms with E-state index in [2.05, 4.69) is 20.9 Å². The van der Waals surface area contributed by atoms with Gasteiger partial charge in [0.2, 0.25) is 5.95 Å². The average molecular weight is 398 g/mol. The number of alkyl halides is 3. The van der Waals surface area contributed by atoms with Crippen molar-refractivity contribution >= 4 is 32.9 Å². The summed E-state index contributed by atoms with van der Waals surface area (Å²) in [6.07, 6.45) is -2.94. The van der Waals surface area contributed by atoms with E-state index in [1.807, 2.05) is 28.8 Å². The minimum absolute atomic E-state index is 0.447. The number of imidazole rings is 1. The molecular weight excluding hydrogens is 383 g/mol. The summed E-state index contributed by atoms with van der Waals surface area (Å²) in [6.45, 7) is 0.653. The molecule has 2 N–H and O–H groups in total. The van der Waals surface area contributed by atoms with Gasteiger partial charge in [0.25, 0.3) is 0 Å². The molecule has 3 rings (SSSR count). The van der Waals surface area contributed by atoms with Crippen LogP contribution in [0.1, 0.15) is 17.5 Å². The highest BCUT2D eigenvalue weighted by Crippen LogP contribution is 2.32. The molecule has 0 spiro atoms. The molecule has 126 valence electrons. The first kappa shape index (κ1) is 16.8. The number of nitrogens with two attached hydrogens (primary N) is 1. The van der Waals surface area contributed by atoms with Gasteiger partial charge in [-0.1, -0.05) is 34.1 Å². The van der Waals surface area contributed by atoms with Crippen molar-refractivity contribution in [3.63, 3.8) is 0 Å². The summed E-state index contributed by atoms with van der Waals surface area (Å²) >= 11 is 3.23. The predicted octanol–water partition coefficient (Wildman–Crippen LogP) is 5.03. The summed E-state index contributed by atoms with van der Waals surface area (Å²) in [4.78, 5) is 4.30. The molecule has 3 nitrogen and oxygen atoms in total. The molecule has 3 aromatic rings. The van der Waals surface area contributed by atoms with Gasteiger partial charge in [0.1, 0.15) is 0 Å². The second-order valence-corrected chi connectivity index (χ2v) is 6.37. The number of halogens is 4. The third-order valence-corrected chi connectivity index (χ3v) is 4.63. The van der Waals surface area contributed by atoms with Gasteiger partial charge >= 0.3 is 6.18 Å². The first-order chi connectivity index (χ1) is 11.4. The Morgan fingerprint density at radius 2 is 1.88 bits per heavy atom. The van der Waals surface area contributed by atoms with E-state index in [1.165, 1.54) is 6.07 Å². The van der Waals surface area contributed by atoms with E-state index in [4.69, 9.17) is 5.73 Å². The van der Waals surface area contributed by atoms with Crippen molar-refractivity contribution in [2.75, 3.05) is 5.73 Å². The van der Waals surface area contributed by atoms with Crippen LogP contribution >= 0.6 is 15.9 Å². The second kappa shape index (κ2) is 6.47. The maximum atomic E-state index is 12.7. The van der Waals surface area contributed by atoms with Gasteiger partial charge in [0, 0.05) is 11.0 Å². The Hall–Kier alpha value is -2.02. The van der Waals surface area contributed by atoms with Crippen molar-refractivity contribution in [1.29, 1.82) is 0 Å². The first-order valence-electron chi connectivity index (χ1n) is 7.42. The van der Waals surface area contributed by atoms with Gasteiger partial charge < -0.3 is 10.3 Å². The molecule has 0 atom stereocenters. The number of fused-ring (bicyclic) bond motifs is 1. The lowest BCUT2D eigenvalue weighted by atomic mass is 10.1. The van der Waals surface area contributed by atoms with Crippen LogP contribution in [0.25, 0.3) is 11.0 Å². The van der Waals surface area contributed by atoms with Crippen molar-refractivity contribution in [3.8, 4) is 0 Å². The first-order valence-corrected chi connectivity index (χ1v) is 8.22. The Balaban J connectivity index is 1.71. The van der Waals surface area contributed by atoms with Crippen LogP contribution in [0.15, 0.2) is 46.9 Å². The second-order valence-electron chi connectivity index (χ2n) is 5.52. The summed E-state index contributed by atoms with van der Waals surface area (Å²) in [5, 5.41) is 0. The third-order valence-electron chi connectivity index (χ3n) is 3.89.